The van der Waals surface area contributed by atoms with Crippen molar-refractivity contribution >= 4 is 33.8 Å². The summed E-state index contributed by atoms with van der Waals surface area (Å²) in [4.78, 5) is 35.6. The van der Waals surface area contributed by atoms with Crippen LogP contribution in [-0.4, -0.2) is 70.6 Å². The molecule has 204 valence electrons. The third kappa shape index (κ3) is 8.79. The van der Waals surface area contributed by atoms with Crippen LogP contribution in [0.4, 0.5) is 0 Å². The smallest absolute Gasteiger partial charge is 0.328 e. The Hall–Kier alpha value is -3.01. The van der Waals surface area contributed by atoms with Crippen molar-refractivity contribution in [2.75, 3.05) is 32.7 Å². The number of carbonyl (C=O) groups excluding carboxylic acids is 1. The van der Waals surface area contributed by atoms with Gasteiger partial charge in [0.25, 0.3) is 0 Å². The van der Waals surface area contributed by atoms with Crippen molar-refractivity contribution in [3.8, 4) is 0 Å². The van der Waals surface area contributed by atoms with Crippen molar-refractivity contribution < 1.29 is 24.6 Å². The van der Waals surface area contributed by atoms with Crippen LogP contribution in [0.5, 0.6) is 0 Å². The van der Waals surface area contributed by atoms with E-state index in [-0.39, 0.29) is 11.3 Å². The standard InChI is InChI=1S/C25H32BrN3O.C4H4O4/c26-23-9-7-20(8-10-23)17-28-15-11-22(12-16-28)25(21-5-2-1-3-6-21)13-4-14-29(19-25)18-24(27)30;5-3(6)1-2-4(7)8/h1-3,5-10,22H,4,11-19H2,(H2,27,30);1-2H,(H,5,6)(H,7,8)/b;2-1+. The van der Waals surface area contributed by atoms with Crippen LogP contribution in [0, 0.1) is 5.92 Å². The van der Waals surface area contributed by atoms with E-state index in [1.807, 2.05) is 0 Å². The van der Waals surface area contributed by atoms with Gasteiger partial charge in [-0.2, -0.15) is 0 Å². The van der Waals surface area contributed by atoms with E-state index in [2.05, 4.69) is 80.3 Å². The first-order chi connectivity index (χ1) is 18.2. The van der Waals surface area contributed by atoms with E-state index >= 15 is 0 Å². The number of amides is 1. The number of nitrogens with two attached hydrogens (primary N) is 1. The zero-order valence-corrected chi connectivity index (χ0v) is 23.1. The van der Waals surface area contributed by atoms with Gasteiger partial charge in [0.2, 0.25) is 5.91 Å². The molecule has 2 aromatic carbocycles. The topological polar surface area (TPSA) is 124 Å². The molecule has 2 saturated heterocycles. The van der Waals surface area contributed by atoms with Crippen LogP contribution in [0.1, 0.15) is 36.8 Å². The van der Waals surface area contributed by atoms with E-state index in [4.69, 9.17) is 15.9 Å². The largest absolute Gasteiger partial charge is 0.478 e. The normalized spacial score (nSPS) is 21.0. The molecule has 2 aromatic rings. The van der Waals surface area contributed by atoms with Crippen molar-refractivity contribution in [1.29, 1.82) is 0 Å². The first kappa shape index (κ1) is 29.5. The molecule has 1 unspecified atom stereocenters. The molecule has 4 rings (SSSR count). The third-order valence-electron chi connectivity index (χ3n) is 7.39. The Balaban J connectivity index is 0.000000436. The van der Waals surface area contributed by atoms with Crippen LogP contribution in [-0.2, 0) is 26.3 Å². The molecule has 0 saturated carbocycles. The van der Waals surface area contributed by atoms with E-state index in [9.17, 15) is 14.4 Å². The second kappa shape index (κ2) is 14.2. The van der Waals surface area contributed by atoms with E-state index in [0.29, 0.717) is 24.6 Å². The quantitative estimate of drug-likeness (QED) is 0.401. The number of hydrogen-bond donors (Lipinski definition) is 3. The molecule has 2 aliphatic rings. The first-order valence-corrected chi connectivity index (χ1v) is 13.6. The van der Waals surface area contributed by atoms with Gasteiger partial charge in [0.05, 0.1) is 6.54 Å². The number of benzene rings is 2. The van der Waals surface area contributed by atoms with Crippen LogP contribution in [0.2, 0.25) is 0 Å². The van der Waals surface area contributed by atoms with Gasteiger partial charge in [-0.25, -0.2) is 9.59 Å². The maximum absolute atomic E-state index is 11.6. The molecular formula is C29H36BrN3O5. The Kier molecular flexibility index (Phi) is 11.1. The summed E-state index contributed by atoms with van der Waals surface area (Å²) in [5.41, 5.74) is 8.47. The van der Waals surface area contributed by atoms with Crippen LogP contribution >= 0.6 is 15.9 Å². The summed E-state index contributed by atoms with van der Waals surface area (Å²) in [5.74, 6) is -2.10. The van der Waals surface area contributed by atoms with E-state index in [1.54, 1.807) is 0 Å². The number of likely N-dealkylation sites (tertiary alicyclic amines) is 2. The lowest BCUT2D eigenvalue weighted by molar-refractivity contribution is -0.134. The lowest BCUT2D eigenvalue weighted by atomic mass is 9.62. The summed E-state index contributed by atoms with van der Waals surface area (Å²) >= 11 is 3.52. The summed E-state index contributed by atoms with van der Waals surface area (Å²) in [6.45, 7) is 5.57. The molecule has 0 radical (unpaired) electrons. The Morgan fingerprint density at radius 2 is 1.53 bits per heavy atom. The highest BCUT2D eigenvalue weighted by molar-refractivity contribution is 9.10. The van der Waals surface area contributed by atoms with Crippen molar-refractivity contribution in [2.24, 2.45) is 11.7 Å². The molecule has 38 heavy (non-hydrogen) atoms. The van der Waals surface area contributed by atoms with Crippen molar-refractivity contribution in [2.45, 2.75) is 37.6 Å². The number of piperidine rings is 2. The molecule has 0 aliphatic carbocycles. The average Bonchev–Trinajstić information content (AvgIpc) is 2.90. The third-order valence-corrected chi connectivity index (χ3v) is 7.92. The average molecular weight is 587 g/mol. The Morgan fingerprint density at radius 1 is 0.921 bits per heavy atom. The monoisotopic (exact) mass is 585 g/mol. The number of nitrogens with zero attached hydrogens (tertiary/aromatic N) is 2. The predicted octanol–water partition coefficient (Wildman–Crippen LogP) is 3.89. The van der Waals surface area contributed by atoms with Crippen LogP contribution in [0.15, 0.2) is 71.2 Å². The summed E-state index contributed by atoms with van der Waals surface area (Å²) in [6, 6.07) is 19.7. The molecular weight excluding hydrogens is 550 g/mol. The van der Waals surface area contributed by atoms with E-state index in [0.717, 1.165) is 43.6 Å². The number of rotatable bonds is 8. The maximum atomic E-state index is 11.6. The van der Waals surface area contributed by atoms with Crippen LogP contribution in [0.25, 0.3) is 0 Å². The number of primary amides is 1. The highest BCUT2D eigenvalue weighted by Crippen LogP contribution is 2.45. The lowest BCUT2D eigenvalue weighted by Crippen LogP contribution is -2.54. The molecule has 0 aromatic heterocycles. The predicted molar refractivity (Wildman–Crippen MR) is 150 cm³/mol. The summed E-state index contributed by atoms with van der Waals surface area (Å²) in [5, 5.41) is 15.6. The number of aliphatic carboxylic acids is 2. The Labute approximate surface area is 232 Å². The molecule has 9 heteroatoms. The number of carboxylic acid groups (broad SMARTS) is 2. The van der Waals surface area contributed by atoms with Gasteiger partial charge in [-0.15, -0.1) is 0 Å². The van der Waals surface area contributed by atoms with Gasteiger partial charge in [0.1, 0.15) is 0 Å². The van der Waals surface area contributed by atoms with Crippen molar-refractivity contribution in [3.05, 3.63) is 82.3 Å². The Bertz CT molecular complexity index is 1080. The number of carbonyl (C=O) groups is 3. The second-order valence-electron chi connectivity index (χ2n) is 9.99. The highest BCUT2D eigenvalue weighted by atomic mass is 79.9. The molecule has 2 aliphatic heterocycles. The van der Waals surface area contributed by atoms with Gasteiger partial charge < -0.3 is 15.9 Å². The van der Waals surface area contributed by atoms with Crippen LogP contribution in [0.3, 0.4) is 0 Å². The number of halogens is 1. The van der Waals surface area contributed by atoms with E-state index < -0.39 is 11.9 Å². The van der Waals surface area contributed by atoms with Crippen LogP contribution < -0.4 is 5.73 Å². The van der Waals surface area contributed by atoms with Crippen molar-refractivity contribution in [3.63, 3.8) is 0 Å². The molecule has 8 nitrogen and oxygen atoms in total. The summed E-state index contributed by atoms with van der Waals surface area (Å²) in [6.07, 6.45) is 5.85. The minimum Gasteiger partial charge on any atom is -0.478 e. The zero-order valence-electron chi connectivity index (χ0n) is 21.5. The lowest BCUT2D eigenvalue weighted by Gasteiger charge is -2.50. The van der Waals surface area contributed by atoms with E-state index in [1.165, 1.54) is 30.4 Å². The number of carboxylic acids is 2. The van der Waals surface area contributed by atoms with Gasteiger partial charge in [-0.1, -0.05) is 58.4 Å². The maximum Gasteiger partial charge on any atom is 0.328 e. The second-order valence-corrected chi connectivity index (χ2v) is 10.9. The Morgan fingerprint density at radius 3 is 2.08 bits per heavy atom. The fourth-order valence-corrected chi connectivity index (χ4v) is 6.00. The minimum absolute atomic E-state index is 0.124. The summed E-state index contributed by atoms with van der Waals surface area (Å²) < 4.78 is 1.13. The molecule has 1 amide bonds. The van der Waals surface area contributed by atoms with Gasteiger partial charge in [-0.3, -0.25) is 14.6 Å². The molecule has 2 heterocycles. The number of hydrogen-bond acceptors (Lipinski definition) is 5. The zero-order chi connectivity index (χ0) is 27.5. The van der Waals surface area contributed by atoms with Gasteiger partial charge in [-0.05, 0) is 74.5 Å². The fourth-order valence-electron chi connectivity index (χ4n) is 5.74. The fraction of sp³-hybridized carbons (Fsp3) is 0.414. The molecule has 0 spiro atoms. The minimum atomic E-state index is -1.26. The van der Waals surface area contributed by atoms with Gasteiger partial charge in [0, 0.05) is 35.1 Å². The van der Waals surface area contributed by atoms with Gasteiger partial charge >= 0.3 is 11.9 Å². The molecule has 4 N–H and O–H groups in total. The molecule has 2 fully saturated rings. The SMILES string of the molecule is NC(=O)CN1CCCC(c2ccccc2)(C2CCN(Cc3ccc(Br)cc3)CC2)C1.O=C(O)/C=C/C(=O)O. The van der Waals surface area contributed by atoms with Crippen molar-refractivity contribution in [1.82, 2.24) is 9.80 Å². The highest BCUT2D eigenvalue weighted by Gasteiger charge is 2.44. The van der Waals surface area contributed by atoms with Gasteiger partial charge in [0.15, 0.2) is 0 Å². The summed E-state index contributed by atoms with van der Waals surface area (Å²) in [7, 11) is 0. The molecule has 0 bridgehead atoms. The molecule has 1 atom stereocenters. The first-order valence-electron chi connectivity index (χ1n) is 12.8.